The van der Waals surface area contributed by atoms with E-state index in [9.17, 15) is 4.79 Å². The maximum absolute atomic E-state index is 10.7. The van der Waals surface area contributed by atoms with E-state index in [-0.39, 0.29) is 18.6 Å². The van der Waals surface area contributed by atoms with Crippen LogP contribution < -0.4 is 10.6 Å². The number of rotatable bonds is 8. The zero-order valence-corrected chi connectivity index (χ0v) is 9.83. The highest BCUT2D eigenvalue weighted by Crippen LogP contribution is 2.17. The van der Waals surface area contributed by atoms with Gasteiger partial charge in [0.1, 0.15) is 0 Å². The molecule has 0 radical (unpaired) electrons. The van der Waals surface area contributed by atoms with Gasteiger partial charge in [-0.2, -0.15) is 0 Å². The van der Waals surface area contributed by atoms with Crippen LogP contribution in [0, 0.1) is 5.92 Å². The molecule has 0 amide bonds. The molecule has 1 fully saturated rings. The maximum atomic E-state index is 10.7. The summed E-state index contributed by atoms with van der Waals surface area (Å²) in [6.45, 7) is 4.50. The Labute approximate surface area is 96.2 Å². The lowest BCUT2D eigenvalue weighted by Crippen LogP contribution is -2.69. The van der Waals surface area contributed by atoms with Gasteiger partial charge in [0, 0.05) is 19.7 Å². The molecule has 5 heteroatoms. The highest BCUT2D eigenvalue weighted by molar-refractivity contribution is 5.68. The van der Waals surface area contributed by atoms with Crippen LogP contribution in [0.15, 0.2) is 0 Å². The molecule has 1 aliphatic heterocycles. The summed E-state index contributed by atoms with van der Waals surface area (Å²) in [5, 5.41) is 24.2. The van der Waals surface area contributed by atoms with Crippen molar-refractivity contribution in [3.63, 3.8) is 0 Å². The molecule has 0 aliphatic carbocycles. The summed E-state index contributed by atoms with van der Waals surface area (Å²) in [6.07, 6.45) is 1.94. The fourth-order valence-electron chi connectivity index (χ4n) is 2.02. The van der Waals surface area contributed by atoms with Gasteiger partial charge in [-0.05, 0) is 18.9 Å². The van der Waals surface area contributed by atoms with Gasteiger partial charge in [0.2, 0.25) is 0 Å². The molecule has 1 atom stereocenters. The molecule has 1 saturated heterocycles. The lowest BCUT2D eigenvalue weighted by molar-refractivity contribution is -0.139. The third kappa shape index (κ3) is 3.73. The summed E-state index contributed by atoms with van der Waals surface area (Å²) in [4.78, 5) is 10.7. The fraction of sp³-hybridized carbons (Fsp3) is 0.909. The Balaban J connectivity index is 2.35. The topological polar surface area (TPSA) is 81.6 Å². The van der Waals surface area contributed by atoms with Crippen molar-refractivity contribution in [1.82, 2.24) is 10.6 Å². The number of hydrogen-bond donors (Lipinski definition) is 4. The van der Waals surface area contributed by atoms with Crippen LogP contribution in [0.25, 0.3) is 0 Å². The highest BCUT2D eigenvalue weighted by atomic mass is 16.4. The molecule has 0 aromatic rings. The van der Waals surface area contributed by atoms with E-state index in [1.54, 1.807) is 0 Å². The number of carbonyl (C=O) groups is 1. The number of aliphatic hydroxyl groups excluding tert-OH is 1. The molecule has 5 nitrogen and oxygen atoms in total. The number of aliphatic carboxylic acids is 1. The Bertz CT molecular complexity index is 229. The number of aliphatic hydroxyl groups is 1. The second kappa shape index (κ2) is 6.18. The zero-order chi connectivity index (χ0) is 12.0. The summed E-state index contributed by atoms with van der Waals surface area (Å²) in [6, 6.07) is 0. The van der Waals surface area contributed by atoms with Crippen LogP contribution in [-0.4, -0.2) is 48.0 Å². The molecule has 1 unspecified atom stereocenters. The molecule has 0 aromatic carbocycles. The summed E-state index contributed by atoms with van der Waals surface area (Å²) >= 11 is 0. The molecule has 94 valence electrons. The van der Waals surface area contributed by atoms with E-state index >= 15 is 0 Å². The average molecular weight is 230 g/mol. The van der Waals surface area contributed by atoms with Gasteiger partial charge >= 0.3 is 5.97 Å². The Hall–Kier alpha value is -0.650. The first-order valence-electron chi connectivity index (χ1n) is 5.90. The third-order valence-electron chi connectivity index (χ3n) is 3.30. The summed E-state index contributed by atoms with van der Waals surface area (Å²) in [5.74, 6) is -0.333. The molecule has 16 heavy (non-hydrogen) atoms. The number of hydrogen-bond acceptors (Lipinski definition) is 4. The van der Waals surface area contributed by atoms with E-state index in [0.29, 0.717) is 5.92 Å². The second-order valence-corrected chi connectivity index (χ2v) is 4.62. The quantitative estimate of drug-likeness (QED) is 0.464. The van der Waals surface area contributed by atoms with Crippen LogP contribution in [0.4, 0.5) is 0 Å². The fourth-order valence-corrected chi connectivity index (χ4v) is 2.02. The molecule has 0 spiro atoms. The van der Waals surface area contributed by atoms with Crippen LogP contribution in [0.2, 0.25) is 0 Å². The first-order chi connectivity index (χ1) is 7.62. The first-order valence-corrected chi connectivity index (χ1v) is 5.90. The van der Waals surface area contributed by atoms with Gasteiger partial charge in [-0.1, -0.05) is 13.3 Å². The molecule has 0 aromatic heterocycles. The van der Waals surface area contributed by atoms with Crippen LogP contribution in [-0.2, 0) is 4.79 Å². The minimum atomic E-state index is -0.760. The van der Waals surface area contributed by atoms with Gasteiger partial charge in [0.05, 0.1) is 12.0 Å². The molecule has 1 heterocycles. The van der Waals surface area contributed by atoms with Crippen molar-refractivity contribution < 1.29 is 15.0 Å². The maximum Gasteiger partial charge on any atom is 0.305 e. The molecule has 0 saturated carbocycles. The van der Waals surface area contributed by atoms with Crippen molar-refractivity contribution in [3.05, 3.63) is 0 Å². The van der Waals surface area contributed by atoms with E-state index in [2.05, 4.69) is 17.6 Å². The Morgan fingerprint density at radius 2 is 2.25 bits per heavy atom. The molecule has 0 bridgehead atoms. The molecule has 1 rings (SSSR count). The number of carboxylic acid groups (broad SMARTS) is 1. The van der Waals surface area contributed by atoms with Gasteiger partial charge in [-0.15, -0.1) is 0 Å². The highest BCUT2D eigenvalue weighted by Gasteiger charge is 2.38. The van der Waals surface area contributed by atoms with E-state index in [1.165, 1.54) is 0 Å². The predicted molar refractivity (Wildman–Crippen MR) is 61.3 cm³/mol. The summed E-state index contributed by atoms with van der Waals surface area (Å²) in [5.41, 5.74) is -0.269. The molecule has 1 aliphatic rings. The van der Waals surface area contributed by atoms with Gasteiger partial charge in [0.25, 0.3) is 0 Å². The van der Waals surface area contributed by atoms with E-state index in [4.69, 9.17) is 10.2 Å². The van der Waals surface area contributed by atoms with Crippen molar-refractivity contribution in [1.29, 1.82) is 0 Å². The van der Waals surface area contributed by atoms with Crippen molar-refractivity contribution in [2.75, 3.05) is 26.2 Å². The minimum Gasteiger partial charge on any atom is -0.481 e. The predicted octanol–water partition coefficient (Wildman–Crippen LogP) is -0.199. The van der Waals surface area contributed by atoms with E-state index < -0.39 is 5.97 Å². The van der Waals surface area contributed by atoms with Crippen molar-refractivity contribution >= 4 is 5.97 Å². The van der Waals surface area contributed by atoms with Crippen LogP contribution in [0.3, 0.4) is 0 Å². The third-order valence-corrected chi connectivity index (χ3v) is 3.30. The normalized spacial score (nSPS) is 20.1. The summed E-state index contributed by atoms with van der Waals surface area (Å²) < 4.78 is 0. The molecule has 4 N–H and O–H groups in total. The zero-order valence-electron chi connectivity index (χ0n) is 9.83. The van der Waals surface area contributed by atoms with E-state index in [0.717, 1.165) is 32.5 Å². The van der Waals surface area contributed by atoms with Crippen molar-refractivity contribution in [2.45, 2.75) is 31.7 Å². The van der Waals surface area contributed by atoms with Crippen molar-refractivity contribution in [3.8, 4) is 0 Å². The van der Waals surface area contributed by atoms with Gasteiger partial charge < -0.3 is 20.8 Å². The first kappa shape index (κ1) is 13.4. The van der Waals surface area contributed by atoms with Crippen LogP contribution >= 0.6 is 0 Å². The molecular weight excluding hydrogens is 208 g/mol. The Morgan fingerprint density at radius 1 is 1.56 bits per heavy atom. The van der Waals surface area contributed by atoms with Crippen LogP contribution in [0.5, 0.6) is 0 Å². The SMILES string of the molecule is CCC(CCO)CNC1(CC(=O)O)CNC1. The largest absolute Gasteiger partial charge is 0.481 e. The average Bonchev–Trinajstić information content (AvgIpc) is 2.19. The molecular formula is C11H22N2O3. The Kier molecular flexibility index (Phi) is 5.18. The Morgan fingerprint density at radius 3 is 2.62 bits per heavy atom. The van der Waals surface area contributed by atoms with Gasteiger partial charge in [-0.25, -0.2) is 0 Å². The summed E-state index contributed by atoms with van der Waals surface area (Å²) in [7, 11) is 0. The smallest absolute Gasteiger partial charge is 0.305 e. The number of nitrogens with one attached hydrogen (secondary N) is 2. The monoisotopic (exact) mass is 230 g/mol. The standard InChI is InChI=1S/C11H22N2O3/c1-2-9(3-4-14)6-13-11(5-10(15)16)7-12-8-11/h9,12-14H,2-8H2,1H3,(H,15,16). The van der Waals surface area contributed by atoms with Crippen molar-refractivity contribution in [2.24, 2.45) is 5.92 Å². The van der Waals surface area contributed by atoms with Gasteiger partial charge in [-0.3, -0.25) is 4.79 Å². The lowest BCUT2D eigenvalue weighted by Gasteiger charge is -2.43. The van der Waals surface area contributed by atoms with Crippen LogP contribution in [0.1, 0.15) is 26.2 Å². The second-order valence-electron chi connectivity index (χ2n) is 4.62. The number of carboxylic acids is 1. The minimum absolute atomic E-state index is 0.162. The van der Waals surface area contributed by atoms with E-state index in [1.807, 2.05) is 0 Å². The lowest BCUT2D eigenvalue weighted by atomic mass is 9.87. The van der Waals surface area contributed by atoms with Gasteiger partial charge in [0.15, 0.2) is 0 Å².